The minimum Gasteiger partial charge on any atom is -0.353 e. The zero-order valence-electron chi connectivity index (χ0n) is 11.0. The summed E-state index contributed by atoms with van der Waals surface area (Å²) in [7, 11) is 0. The average molecular weight is 300 g/mol. The number of rotatable bonds is 3. The van der Waals surface area contributed by atoms with Crippen molar-refractivity contribution in [3.63, 3.8) is 0 Å². The molecular formula is C14H19Cl2N3. The molecule has 3 nitrogen and oxygen atoms in total. The average Bonchev–Trinajstić information content (AvgIpc) is 3.09. The molecule has 104 valence electrons. The highest BCUT2D eigenvalue weighted by atomic mass is 35.5. The molecule has 1 aromatic rings. The van der Waals surface area contributed by atoms with Gasteiger partial charge in [0.1, 0.15) is 17.3 Å². The molecule has 1 atom stereocenters. The first-order valence-electron chi connectivity index (χ1n) is 7.13. The van der Waals surface area contributed by atoms with Crippen LogP contribution < -0.4 is 4.90 Å². The molecule has 0 aromatic carbocycles. The third-order valence-electron chi connectivity index (χ3n) is 4.52. The summed E-state index contributed by atoms with van der Waals surface area (Å²) >= 11 is 12.2. The quantitative estimate of drug-likeness (QED) is 0.623. The highest BCUT2D eigenvalue weighted by Gasteiger charge is 2.35. The Balaban J connectivity index is 1.89. The summed E-state index contributed by atoms with van der Waals surface area (Å²) in [6.45, 7) is 1.07. The maximum absolute atomic E-state index is 6.15. The zero-order chi connectivity index (χ0) is 13.2. The van der Waals surface area contributed by atoms with Gasteiger partial charge in [0.15, 0.2) is 0 Å². The van der Waals surface area contributed by atoms with Gasteiger partial charge in [0.2, 0.25) is 0 Å². The molecule has 19 heavy (non-hydrogen) atoms. The summed E-state index contributed by atoms with van der Waals surface area (Å²) < 4.78 is 0. The molecule has 2 fully saturated rings. The minimum atomic E-state index is 0.378. The molecule has 5 heteroatoms. The van der Waals surface area contributed by atoms with Crippen LogP contribution in [-0.2, 0) is 5.88 Å². The van der Waals surface area contributed by atoms with Crippen LogP contribution in [0.15, 0.2) is 6.33 Å². The maximum Gasteiger partial charge on any atom is 0.138 e. The van der Waals surface area contributed by atoms with Gasteiger partial charge in [0, 0.05) is 18.2 Å². The van der Waals surface area contributed by atoms with Gasteiger partial charge in [-0.2, -0.15) is 0 Å². The molecule has 0 spiro atoms. The van der Waals surface area contributed by atoms with Gasteiger partial charge in [-0.15, -0.1) is 11.6 Å². The van der Waals surface area contributed by atoms with Gasteiger partial charge in [-0.05, 0) is 31.6 Å². The molecule has 3 rings (SSSR count). The van der Waals surface area contributed by atoms with Crippen LogP contribution in [0.25, 0.3) is 0 Å². The van der Waals surface area contributed by atoms with Gasteiger partial charge >= 0.3 is 0 Å². The molecule has 2 heterocycles. The molecule has 2 aliphatic rings. The van der Waals surface area contributed by atoms with Crippen LogP contribution in [0.1, 0.15) is 44.1 Å². The summed E-state index contributed by atoms with van der Waals surface area (Å²) in [6.07, 6.45) is 9.53. The number of anilines is 1. The molecule has 1 saturated heterocycles. The number of halogens is 2. The molecule has 0 N–H and O–H groups in total. The Kier molecular flexibility index (Phi) is 4.13. The Labute approximate surface area is 124 Å². The van der Waals surface area contributed by atoms with E-state index in [0.29, 0.717) is 17.1 Å². The highest BCUT2D eigenvalue weighted by Crippen LogP contribution is 2.39. The van der Waals surface area contributed by atoms with Crippen LogP contribution in [0, 0.1) is 5.92 Å². The van der Waals surface area contributed by atoms with Crippen molar-refractivity contribution in [2.45, 2.75) is 50.4 Å². The van der Waals surface area contributed by atoms with E-state index in [2.05, 4.69) is 14.9 Å². The van der Waals surface area contributed by atoms with E-state index in [4.69, 9.17) is 23.2 Å². The van der Waals surface area contributed by atoms with E-state index in [-0.39, 0.29) is 0 Å². The number of aromatic nitrogens is 2. The van der Waals surface area contributed by atoms with Crippen LogP contribution in [-0.4, -0.2) is 22.6 Å². The lowest BCUT2D eigenvalue weighted by molar-refractivity contribution is 0.429. The van der Waals surface area contributed by atoms with Crippen LogP contribution in [0.4, 0.5) is 5.82 Å². The van der Waals surface area contributed by atoms with E-state index in [0.717, 1.165) is 23.8 Å². The second-order valence-electron chi connectivity index (χ2n) is 5.55. The van der Waals surface area contributed by atoms with Gasteiger partial charge in [0.05, 0.1) is 5.88 Å². The van der Waals surface area contributed by atoms with Crippen molar-refractivity contribution < 1.29 is 0 Å². The van der Waals surface area contributed by atoms with Crippen molar-refractivity contribution in [3.8, 4) is 0 Å². The Bertz CT molecular complexity index is 446. The number of hydrogen-bond donors (Lipinski definition) is 0. The Morgan fingerprint density at radius 3 is 2.68 bits per heavy atom. The van der Waals surface area contributed by atoms with Gasteiger partial charge in [0.25, 0.3) is 0 Å². The van der Waals surface area contributed by atoms with E-state index < -0.39 is 0 Å². The molecule has 1 aromatic heterocycles. The van der Waals surface area contributed by atoms with Crippen molar-refractivity contribution in [2.24, 2.45) is 5.92 Å². The van der Waals surface area contributed by atoms with E-state index in [1.54, 1.807) is 6.33 Å². The van der Waals surface area contributed by atoms with Crippen LogP contribution in [0.5, 0.6) is 0 Å². The number of hydrogen-bond acceptors (Lipinski definition) is 3. The first-order chi connectivity index (χ1) is 9.31. The zero-order valence-corrected chi connectivity index (χ0v) is 12.5. The third-order valence-corrected chi connectivity index (χ3v) is 5.11. The first-order valence-corrected chi connectivity index (χ1v) is 8.04. The second kappa shape index (κ2) is 5.84. The van der Waals surface area contributed by atoms with Crippen molar-refractivity contribution in [2.75, 3.05) is 11.4 Å². The van der Waals surface area contributed by atoms with E-state index in [1.165, 1.54) is 38.5 Å². The van der Waals surface area contributed by atoms with Crippen molar-refractivity contribution >= 4 is 29.0 Å². The predicted octanol–water partition coefficient (Wildman–Crippen LogP) is 4.03. The molecule has 1 aliphatic carbocycles. The van der Waals surface area contributed by atoms with Crippen LogP contribution in [0.2, 0.25) is 5.15 Å². The van der Waals surface area contributed by atoms with E-state index in [1.807, 2.05) is 0 Å². The lowest BCUT2D eigenvalue weighted by Crippen LogP contribution is -2.36. The normalized spacial score (nSPS) is 24.3. The Morgan fingerprint density at radius 2 is 1.95 bits per heavy atom. The number of alkyl halides is 1. The monoisotopic (exact) mass is 299 g/mol. The first kappa shape index (κ1) is 13.4. The van der Waals surface area contributed by atoms with E-state index >= 15 is 0 Å². The van der Waals surface area contributed by atoms with Gasteiger partial charge in [-0.3, -0.25) is 0 Å². The summed E-state index contributed by atoms with van der Waals surface area (Å²) in [5, 5.41) is 0.497. The lowest BCUT2D eigenvalue weighted by Gasteiger charge is -2.31. The third kappa shape index (κ3) is 2.55. The van der Waals surface area contributed by atoms with Crippen molar-refractivity contribution in [3.05, 3.63) is 17.0 Å². The highest BCUT2D eigenvalue weighted by molar-refractivity contribution is 6.31. The largest absolute Gasteiger partial charge is 0.353 e. The molecule has 0 bridgehead atoms. The molecule has 1 aliphatic heterocycles. The van der Waals surface area contributed by atoms with E-state index in [9.17, 15) is 0 Å². The summed E-state index contributed by atoms with van der Waals surface area (Å²) in [5.74, 6) is 2.16. The summed E-state index contributed by atoms with van der Waals surface area (Å²) in [4.78, 5) is 10.9. The topological polar surface area (TPSA) is 29.0 Å². The summed E-state index contributed by atoms with van der Waals surface area (Å²) in [5.41, 5.74) is 0.885. The fourth-order valence-corrected chi connectivity index (χ4v) is 4.14. The molecule has 0 radical (unpaired) electrons. The molecule has 1 unspecified atom stereocenters. The summed E-state index contributed by atoms with van der Waals surface area (Å²) in [6, 6.07) is 0.621. The predicted molar refractivity (Wildman–Crippen MR) is 78.9 cm³/mol. The maximum atomic E-state index is 6.15. The molecule has 1 saturated carbocycles. The Hall–Kier alpha value is -0.540. The van der Waals surface area contributed by atoms with Crippen LogP contribution in [0.3, 0.4) is 0 Å². The smallest absolute Gasteiger partial charge is 0.138 e. The molecule has 0 amide bonds. The second-order valence-corrected chi connectivity index (χ2v) is 6.17. The standard InChI is InChI=1S/C14H19Cl2N3/c15-8-11-13(16)17-9-18-14(11)19-7-3-6-12(19)10-4-1-2-5-10/h9-10,12H,1-8H2. The fraction of sp³-hybridized carbons (Fsp3) is 0.714. The fourth-order valence-electron chi connectivity index (χ4n) is 3.63. The minimum absolute atomic E-state index is 0.378. The number of nitrogens with zero attached hydrogens (tertiary/aromatic N) is 3. The van der Waals surface area contributed by atoms with Gasteiger partial charge in [-0.1, -0.05) is 24.4 Å². The SMILES string of the molecule is ClCc1c(Cl)ncnc1N1CCCC1C1CCCC1. The van der Waals surface area contributed by atoms with Gasteiger partial charge in [-0.25, -0.2) is 9.97 Å². The molecular weight excluding hydrogens is 281 g/mol. The lowest BCUT2D eigenvalue weighted by atomic mass is 9.96. The van der Waals surface area contributed by atoms with Gasteiger partial charge < -0.3 is 4.90 Å². The van der Waals surface area contributed by atoms with Crippen molar-refractivity contribution in [1.82, 2.24) is 9.97 Å². The Morgan fingerprint density at radius 1 is 1.16 bits per heavy atom. The van der Waals surface area contributed by atoms with Crippen LogP contribution >= 0.6 is 23.2 Å². The van der Waals surface area contributed by atoms with Crippen molar-refractivity contribution in [1.29, 1.82) is 0 Å².